The molecule has 9 nitrogen and oxygen atoms in total. The Kier molecular flexibility index (Phi) is 7.54. The molecule has 0 aliphatic carbocycles. The smallest absolute Gasteiger partial charge is 0.378 e. The molecule has 4 rings (SSSR count). The Morgan fingerprint density at radius 3 is 2.15 bits per heavy atom. The van der Waals surface area contributed by atoms with Gasteiger partial charge in [0.2, 0.25) is 11.9 Å². The Hall–Kier alpha value is -2.89. The van der Waals surface area contributed by atoms with Crippen molar-refractivity contribution in [2.75, 3.05) is 49.2 Å². The highest BCUT2D eigenvalue weighted by molar-refractivity contribution is 5.75. The van der Waals surface area contributed by atoms with Crippen LogP contribution < -0.4 is 9.80 Å². The number of Topliss-reactive ketones (excluding diaryl/α,β-unsaturated/α-hetero) is 1. The van der Waals surface area contributed by atoms with Gasteiger partial charge in [0.25, 0.3) is 0 Å². The lowest BCUT2D eigenvalue weighted by Gasteiger charge is -2.28. The van der Waals surface area contributed by atoms with Crippen LogP contribution in [0.2, 0.25) is 0 Å². The number of anilines is 2. The monoisotopic (exact) mass is 479 g/mol. The molecule has 0 spiro atoms. The van der Waals surface area contributed by atoms with Crippen molar-refractivity contribution >= 4 is 17.7 Å². The number of alkyl halides is 3. The van der Waals surface area contributed by atoms with E-state index in [9.17, 15) is 18.0 Å². The van der Waals surface area contributed by atoms with Crippen molar-refractivity contribution in [1.29, 1.82) is 0 Å². The van der Waals surface area contributed by atoms with Crippen LogP contribution in [0.15, 0.2) is 6.20 Å². The lowest BCUT2D eigenvalue weighted by Crippen LogP contribution is -2.38. The molecule has 0 amide bonds. The second-order valence-electron chi connectivity index (χ2n) is 8.51. The van der Waals surface area contributed by atoms with Gasteiger partial charge >= 0.3 is 6.18 Å². The molecule has 2 aliphatic heterocycles. The van der Waals surface area contributed by atoms with E-state index in [2.05, 4.69) is 24.9 Å². The zero-order chi connectivity index (χ0) is 24.1. The molecule has 2 fully saturated rings. The molecular weight excluding hydrogens is 451 g/mol. The first-order valence-corrected chi connectivity index (χ1v) is 11.6. The van der Waals surface area contributed by atoms with E-state index in [1.54, 1.807) is 0 Å². The molecule has 34 heavy (non-hydrogen) atoms. The van der Waals surface area contributed by atoms with Gasteiger partial charge in [0, 0.05) is 45.2 Å². The zero-order valence-corrected chi connectivity index (χ0v) is 19.1. The van der Waals surface area contributed by atoms with Crippen molar-refractivity contribution < 1.29 is 22.7 Å². The number of ether oxygens (including phenoxy) is 1. The van der Waals surface area contributed by atoms with Crippen molar-refractivity contribution in [1.82, 2.24) is 24.9 Å². The van der Waals surface area contributed by atoms with Crippen LogP contribution in [0.3, 0.4) is 0 Å². The molecule has 4 heterocycles. The highest BCUT2D eigenvalue weighted by Crippen LogP contribution is 2.35. The summed E-state index contributed by atoms with van der Waals surface area (Å²) in [6.07, 6.45) is 0.604. The van der Waals surface area contributed by atoms with Gasteiger partial charge in [0.05, 0.1) is 18.8 Å². The van der Waals surface area contributed by atoms with E-state index in [0.717, 1.165) is 45.0 Å². The summed E-state index contributed by atoms with van der Waals surface area (Å²) in [7, 11) is 0. The molecular formula is C22H28F3N7O2. The SMILES string of the molecule is CC(=O)CCc1ncc(-c2nc(N3CCCCCC3)nc(N3CCOCC3)n2)c(C(F)(F)F)n1. The van der Waals surface area contributed by atoms with Crippen molar-refractivity contribution in [2.45, 2.75) is 51.6 Å². The average molecular weight is 480 g/mol. The Labute approximate surface area is 195 Å². The highest BCUT2D eigenvalue weighted by Gasteiger charge is 2.38. The maximum atomic E-state index is 14.0. The van der Waals surface area contributed by atoms with Gasteiger partial charge in [-0.15, -0.1) is 0 Å². The summed E-state index contributed by atoms with van der Waals surface area (Å²) in [6.45, 7) is 4.90. The summed E-state index contributed by atoms with van der Waals surface area (Å²) in [4.78, 5) is 36.5. The highest BCUT2D eigenvalue weighted by atomic mass is 19.4. The number of nitrogens with zero attached hydrogens (tertiary/aromatic N) is 7. The van der Waals surface area contributed by atoms with E-state index in [0.29, 0.717) is 38.2 Å². The minimum absolute atomic E-state index is 0.0357. The molecule has 184 valence electrons. The van der Waals surface area contributed by atoms with Crippen LogP contribution >= 0.6 is 0 Å². The lowest BCUT2D eigenvalue weighted by atomic mass is 10.2. The number of rotatable bonds is 6. The molecule has 2 aromatic rings. The van der Waals surface area contributed by atoms with Gasteiger partial charge in [0.1, 0.15) is 11.6 Å². The molecule has 12 heteroatoms. The Morgan fingerprint density at radius 1 is 0.941 bits per heavy atom. The first-order chi connectivity index (χ1) is 16.3. The average Bonchev–Trinajstić information content (AvgIpc) is 3.12. The summed E-state index contributed by atoms with van der Waals surface area (Å²) in [5.74, 6) is 0.391. The first-order valence-electron chi connectivity index (χ1n) is 11.6. The molecule has 0 atom stereocenters. The number of aromatic nitrogens is 5. The predicted octanol–water partition coefficient (Wildman–Crippen LogP) is 3.09. The Balaban J connectivity index is 1.78. The summed E-state index contributed by atoms with van der Waals surface area (Å²) in [5, 5.41) is 0. The normalized spacial score (nSPS) is 17.5. The molecule has 2 saturated heterocycles. The zero-order valence-electron chi connectivity index (χ0n) is 19.1. The van der Waals surface area contributed by atoms with E-state index in [1.807, 2.05) is 9.80 Å². The van der Waals surface area contributed by atoms with Crippen molar-refractivity contribution in [3.8, 4) is 11.4 Å². The molecule has 2 aromatic heterocycles. The number of carbonyl (C=O) groups excluding carboxylic acids is 1. The maximum absolute atomic E-state index is 14.0. The summed E-state index contributed by atoms with van der Waals surface area (Å²) >= 11 is 0. The summed E-state index contributed by atoms with van der Waals surface area (Å²) in [6, 6.07) is 0. The van der Waals surface area contributed by atoms with Crippen molar-refractivity contribution in [2.24, 2.45) is 0 Å². The van der Waals surface area contributed by atoms with E-state index in [-0.39, 0.29) is 35.8 Å². The quantitative estimate of drug-likeness (QED) is 0.619. The molecule has 2 aliphatic rings. The van der Waals surface area contributed by atoms with Gasteiger partial charge in [-0.2, -0.15) is 28.1 Å². The lowest BCUT2D eigenvalue weighted by molar-refractivity contribution is -0.140. The van der Waals surface area contributed by atoms with Gasteiger partial charge in [-0.1, -0.05) is 12.8 Å². The van der Waals surface area contributed by atoms with Crippen LogP contribution in [-0.2, 0) is 22.1 Å². The van der Waals surface area contributed by atoms with Crippen LogP contribution in [0.5, 0.6) is 0 Å². The molecule has 0 radical (unpaired) electrons. The summed E-state index contributed by atoms with van der Waals surface area (Å²) in [5.41, 5.74) is -1.41. The van der Waals surface area contributed by atoms with Crippen LogP contribution in [0, 0.1) is 0 Å². The van der Waals surface area contributed by atoms with Gasteiger partial charge in [0.15, 0.2) is 11.5 Å². The third-order valence-electron chi connectivity index (χ3n) is 5.84. The van der Waals surface area contributed by atoms with E-state index >= 15 is 0 Å². The summed E-state index contributed by atoms with van der Waals surface area (Å²) < 4.78 is 47.4. The van der Waals surface area contributed by atoms with Gasteiger partial charge in [-0.3, -0.25) is 0 Å². The molecule has 0 bridgehead atoms. The fraction of sp³-hybridized carbons (Fsp3) is 0.636. The van der Waals surface area contributed by atoms with Gasteiger partial charge in [-0.05, 0) is 19.8 Å². The number of carbonyl (C=O) groups is 1. The van der Waals surface area contributed by atoms with Crippen molar-refractivity contribution in [3.63, 3.8) is 0 Å². The topological polar surface area (TPSA) is 97.2 Å². The predicted molar refractivity (Wildman–Crippen MR) is 119 cm³/mol. The molecule has 0 saturated carbocycles. The van der Waals surface area contributed by atoms with Crippen LogP contribution in [0.4, 0.5) is 25.1 Å². The Morgan fingerprint density at radius 2 is 1.56 bits per heavy atom. The van der Waals surface area contributed by atoms with Crippen LogP contribution in [0.25, 0.3) is 11.4 Å². The third-order valence-corrected chi connectivity index (χ3v) is 5.84. The van der Waals surface area contributed by atoms with Crippen LogP contribution in [0.1, 0.15) is 50.5 Å². The number of ketones is 1. The van der Waals surface area contributed by atoms with Gasteiger partial charge < -0.3 is 19.3 Å². The third kappa shape index (κ3) is 5.96. The first kappa shape index (κ1) is 24.2. The second-order valence-corrected chi connectivity index (χ2v) is 8.51. The van der Waals surface area contributed by atoms with Crippen LogP contribution in [-0.4, -0.2) is 70.1 Å². The number of halogens is 3. The van der Waals surface area contributed by atoms with E-state index in [4.69, 9.17) is 4.74 Å². The maximum Gasteiger partial charge on any atom is 0.434 e. The van der Waals surface area contributed by atoms with E-state index in [1.165, 1.54) is 6.92 Å². The fourth-order valence-electron chi connectivity index (χ4n) is 4.00. The molecule has 0 N–H and O–H groups in total. The Bertz CT molecular complexity index is 1000. The number of hydrogen-bond donors (Lipinski definition) is 0. The second kappa shape index (κ2) is 10.6. The van der Waals surface area contributed by atoms with Crippen molar-refractivity contribution in [3.05, 3.63) is 17.7 Å². The molecule has 0 aromatic carbocycles. The minimum atomic E-state index is -4.74. The van der Waals surface area contributed by atoms with E-state index < -0.39 is 11.9 Å². The van der Waals surface area contributed by atoms with Gasteiger partial charge in [-0.25, -0.2) is 9.97 Å². The standard InChI is InChI=1S/C22H28F3N7O2/c1-15(33)6-7-17-26-14-16(18(27-17)22(23,24)25)19-28-20(31-8-4-2-3-5-9-31)30-21(29-19)32-10-12-34-13-11-32/h14H,2-13H2,1H3. The fourth-order valence-corrected chi connectivity index (χ4v) is 4.00. The molecule has 0 unspecified atom stereocenters. The number of morpholine rings is 1. The number of hydrogen-bond acceptors (Lipinski definition) is 9. The number of aryl methyl sites for hydroxylation is 1. The minimum Gasteiger partial charge on any atom is -0.378 e. The largest absolute Gasteiger partial charge is 0.434 e.